The number of nitrogens with one attached hydrogen (secondary N) is 1. The molecule has 2 fully saturated rings. The van der Waals surface area contributed by atoms with Crippen molar-refractivity contribution in [3.8, 4) is 22.8 Å². The molecular formula is C37H38N6O5. The zero-order valence-corrected chi connectivity index (χ0v) is 26.7. The maximum Gasteiger partial charge on any atom is 0.334 e. The predicted octanol–water partition coefficient (Wildman–Crippen LogP) is 4.20. The van der Waals surface area contributed by atoms with E-state index < -0.39 is 12.2 Å². The number of phenols is 1. The van der Waals surface area contributed by atoms with Crippen molar-refractivity contribution in [2.24, 2.45) is 0 Å². The van der Waals surface area contributed by atoms with Crippen molar-refractivity contribution in [2.75, 3.05) is 26.7 Å². The minimum absolute atomic E-state index is 0.0808. The molecule has 246 valence electrons. The van der Waals surface area contributed by atoms with E-state index in [1.807, 2.05) is 72.8 Å². The Hall–Kier alpha value is -5.68. The van der Waals surface area contributed by atoms with Crippen LogP contribution in [0.4, 0.5) is 4.79 Å². The van der Waals surface area contributed by atoms with Crippen LogP contribution in [0.3, 0.4) is 0 Å². The molecule has 3 aromatic carbocycles. The van der Waals surface area contributed by atoms with Gasteiger partial charge in [-0.3, -0.25) is 14.6 Å². The zero-order chi connectivity index (χ0) is 33.6. The molecule has 0 aliphatic carbocycles. The van der Waals surface area contributed by atoms with E-state index >= 15 is 0 Å². The van der Waals surface area contributed by atoms with Crippen LogP contribution < -0.4 is 10.1 Å². The first-order chi connectivity index (χ1) is 23.3. The number of fused-ring (bicyclic) bond motifs is 1. The molecule has 6 rings (SSSR count). The second kappa shape index (κ2) is 14.4. The van der Waals surface area contributed by atoms with Crippen molar-refractivity contribution in [1.29, 1.82) is 0 Å². The highest BCUT2D eigenvalue weighted by atomic mass is 16.5. The fraction of sp³-hybridized carbons (Fsp3) is 0.243. The van der Waals surface area contributed by atoms with Gasteiger partial charge in [-0.2, -0.15) is 0 Å². The first-order valence-electron chi connectivity index (χ1n) is 15.8. The molecule has 0 spiro atoms. The molecule has 0 radical (unpaired) electrons. The summed E-state index contributed by atoms with van der Waals surface area (Å²) in [5.74, 6) is 0.339. The van der Waals surface area contributed by atoms with Crippen LogP contribution in [0.25, 0.3) is 11.3 Å². The molecule has 48 heavy (non-hydrogen) atoms. The van der Waals surface area contributed by atoms with E-state index in [0.29, 0.717) is 12.2 Å². The molecule has 0 bridgehead atoms. The summed E-state index contributed by atoms with van der Waals surface area (Å²) in [6.45, 7) is 4.57. The van der Waals surface area contributed by atoms with Gasteiger partial charge in [0.15, 0.2) is 0 Å². The van der Waals surface area contributed by atoms with Crippen molar-refractivity contribution in [3.05, 3.63) is 127 Å². The van der Waals surface area contributed by atoms with E-state index in [0.717, 1.165) is 28.1 Å². The molecule has 0 saturated carbocycles. The number of carbonyl (C=O) groups excluding carboxylic acids is 3. The fourth-order valence-corrected chi connectivity index (χ4v) is 6.24. The largest absolute Gasteiger partial charge is 0.508 e. The Kier molecular flexibility index (Phi) is 9.67. The number of urea groups is 1. The summed E-state index contributed by atoms with van der Waals surface area (Å²) in [6, 6.07) is 28.1. The topological polar surface area (TPSA) is 119 Å². The molecule has 11 nitrogen and oxygen atoms in total. The molecule has 2 atom stereocenters. The van der Waals surface area contributed by atoms with Gasteiger partial charge in [0.05, 0.1) is 38.1 Å². The van der Waals surface area contributed by atoms with E-state index in [4.69, 9.17) is 9.72 Å². The third kappa shape index (κ3) is 7.01. The summed E-state index contributed by atoms with van der Waals surface area (Å²) in [6.07, 6.45) is 1.07. The summed E-state index contributed by atoms with van der Waals surface area (Å²) >= 11 is 0. The number of pyridine rings is 1. The van der Waals surface area contributed by atoms with Gasteiger partial charge in [-0.05, 0) is 59.7 Å². The minimum atomic E-state index is -0.888. The highest BCUT2D eigenvalue weighted by Gasteiger charge is 2.51. The summed E-state index contributed by atoms with van der Waals surface area (Å²) < 4.78 is 5.29. The molecule has 1 aromatic heterocycles. The number of aromatic nitrogens is 1. The number of hydrazine groups is 1. The van der Waals surface area contributed by atoms with Gasteiger partial charge >= 0.3 is 6.03 Å². The van der Waals surface area contributed by atoms with Gasteiger partial charge in [-0.15, -0.1) is 6.58 Å². The number of rotatable bonds is 10. The third-order valence-corrected chi connectivity index (χ3v) is 8.58. The van der Waals surface area contributed by atoms with Crippen LogP contribution in [0, 0.1) is 0 Å². The van der Waals surface area contributed by atoms with E-state index in [-0.39, 0.29) is 56.2 Å². The van der Waals surface area contributed by atoms with Crippen molar-refractivity contribution in [1.82, 2.24) is 30.1 Å². The second-order valence-corrected chi connectivity index (χ2v) is 11.8. The average molecular weight is 647 g/mol. The quantitative estimate of drug-likeness (QED) is 0.248. The Morgan fingerprint density at radius 1 is 0.979 bits per heavy atom. The molecule has 4 amide bonds. The highest BCUT2D eigenvalue weighted by Crippen LogP contribution is 2.30. The van der Waals surface area contributed by atoms with E-state index in [2.05, 4.69) is 11.9 Å². The summed E-state index contributed by atoms with van der Waals surface area (Å²) in [4.78, 5) is 50.2. The SMILES string of the molecule is C=CCN1CC(=O)N2C(Cc3ccc(O)cc3)C(=O)N(Cc3cccc(-c4ccc(OC)cc4)n3)CC2N1C(=O)NCc1ccccc1. The van der Waals surface area contributed by atoms with Crippen molar-refractivity contribution >= 4 is 17.8 Å². The number of phenolic OH excluding ortho intramolecular Hbond substituents is 1. The molecule has 2 unspecified atom stereocenters. The van der Waals surface area contributed by atoms with Crippen molar-refractivity contribution < 1.29 is 24.2 Å². The smallest absolute Gasteiger partial charge is 0.334 e. The number of aromatic hydroxyl groups is 1. The monoisotopic (exact) mass is 646 g/mol. The number of hydrogen-bond donors (Lipinski definition) is 2. The molecule has 2 aliphatic heterocycles. The average Bonchev–Trinajstić information content (AvgIpc) is 3.10. The molecule has 11 heteroatoms. The molecule has 4 aromatic rings. The van der Waals surface area contributed by atoms with E-state index in [9.17, 15) is 19.5 Å². The maximum atomic E-state index is 14.3. The van der Waals surface area contributed by atoms with Gasteiger partial charge in [0.2, 0.25) is 11.8 Å². The van der Waals surface area contributed by atoms with Crippen LogP contribution in [0.2, 0.25) is 0 Å². The highest BCUT2D eigenvalue weighted by molar-refractivity contribution is 5.91. The fourth-order valence-electron chi connectivity index (χ4n) is 6.24. The lowest BCUT2D eigenvalue weighted by Crippen LogP contribution is -2.76. The van der Waals surface area contributed by atoms with Gasteiger partial charge in [-0.1, -0.05) is 54.6 Å². The molecular weight excluding hydrogens is 608 g/mol. The Morgan fingerprint density at radius 2 is 1.73 bits per heavy atom. The maximum absolute atomic E-state index is 14.3. The zero-order valence-electron chi connectivity index (χ0n) is 26.7. The number of hydrogen-bond acceptors (Lipinski definition) is 7. The van der Waals surface area contributed by atoms with Gasteiger partial charge in [0.1, 0.15) is 23.7 Å². The van der Waals surface area contributed by atoms with Crippen LogP contribution in [0.15, 0.2) is 110 Å². The lowest BCUT2D eigenvalue weighted by molar-refractivity contribution is -0.189. The number of methoxy groups -OCH3 is 1. The first-order valence-corrected chi connectivity index (χ1v) is 15.8. The molecule has 2 N–H and O–H groups in total. The van der Waals surface area contributed by atoms with Crippen LogP contribution >= 0.6 is 0 Å². The molecule has 2 aliphatic rings. The number of amides is 4. The number of ether oxygens (including phenoxy) is 1. The van der Waals surface area contributed by atoms with Crippen LogP contribution in [0.5, 0.6) is 11.5 Å². The Balaban J connectivity index is 1.33. The predicted molar refractivity (Wildman–Crippen MR) is 180 cm³/mol. The Morgan fingerprint density at radius 3 is 2.44 bits per heavy atom. The van der Waals surface area contributed by atoms with Gasteiger partial charge in [0.25, 0.3) is 0 Å². The number of carbonyl (C=O) groups is 3. The van der Waals surface area contributed by atoms with Crippen LogP contribution in [-0.2, 0) is 29.1 Å². The number of nitrogens with zero attached hydrogens (tertiary/aromatic N) is 5. The normalized spacial score (nSPS) is 18.0. The molecule has 3 heterocycles. The second-order valence-electron chi connectivity index (χ2n) is 11.8. The minimum Gasteiger partial charge on any atom is -0.508 e. The van der Waals surface area contributed by atoms with Gasteiger partial charge < -0.3 is 25.0 Å². The summed E-state index contributed by atoms with van der Waals surface area (Å²) in [7, 11) is 1.62. The van der Waals surface area contributed by atoms with Crippen molar-refractivity contribution in [3.63, 3.8) is 0 Å². The lowest BCUT2D eigenvalue weighted by Gasteiger charge is -2.55. The van der Waals surface area contributed by atoms with Crippen LogP contribution in [0.1, 0.15) is 16.8 Å². The van der Waals surface area contributed by atoms with Crippen LogP contribution in [-0.4, -0.2) is 86.7 Å². The van der Waals surface area contributed by atoms with Gasteiger partial charge in [0, 0.05) is 25.1 Å². The number of piperazine rings is 1. The third-order valence-electron chi connectivity index (χ3n) is 8.58. The Bertz CT molecular complexity index is 1770. The molecule has 2 saturated heterocycles. The summed E-state index contributed by atoms with van der Waals surface area (Å²) in [5, 5.41) is 16.1. The standard InChI is InChI=1S/C37H38N6O5/c1-3-20-41-25-35(45)42-33(21-26-12-16-30(44)17-13-26)36(46)40(24-34(42)43(41)37(47)38-22-27-8-5-4-6-9-27)23-29-10-7-11-32(39-29)28-14-18-31(48-2)19-15-28/h3-19,33-34,44H,1,20-25H2,2H3,(H,38,47). The van der Waals surface area contributed by atoms with Gasteiger partial charge in [-0.25, -0.2) is 14.8 Å². The Labute approximate surface area is 279 Å². The van der Waals surface area contributed by atoms with E-state index in [1.165, 1.54) is 0 Å². The van der Waals surface area contributed by atoms with E-state index in [1.54, 1.807) is 57.3 Å². The lowest BCUT2D eigenvalue weighted by atomic mass is 9.98. The first kappa shape index (κ1) is 32.3. The summed E-state index contributed by atoms with van der Waals surface area (Å²) in [5.41, 5.74) is 4.01. The number of benzene rings is 3. The van der Waals surface area contributed by atoms with Crippen molar-refractivity contribution in [2.45, 2.75) is 31.7 Å².